The van der Waals surface area contributed by atoms with Gasteiger partial charge in [0.25, 0.3) is 11.8 Å². The van der Waals surface area contributed by atoms with E-state index in [0.717, 1.165) is 5.56 Å². The molecule has 0 aliphatic carbocycles. The predicted molar refractivity (Wildman–Crippen MR) is 112 cm³/mol. The molecule has 144 valence electrons. The Morgan fingerprint density at radius 2 is 2.07 bits per heavy atom. The first-order valence-electron chi connectivity index (χ1n) is 8.34. The number of ether oxygens (including phenoxy) is 2. The Bertz CT molecular complexity index is 912. The average Bonchev–Trinajstić information content (AvgIpc) is 2.67. The summed E-state index contributed by atoms with van der Waals surface area (Å²) in [6.45, 7) is 7.61. The predicted octanol–water partition coefficient (Wildman–Crippen LogP) is 2.25. The standard InChI is InChI=1S/C21H20N2O4S/c1-5-8-15-11-14(13-17(26-4)18(15)27-10-7-3)12-16-19(24)22-21(28)23(9-6-2)20(16)25/h3,5-6,11-13H,1-2,8-10H2,4H3,(H,22,24,28)/b16-12+. The molecule has 6 nitrogen and oxygen atoms in total. The van der Waals surface area contributed by atoms with Crippen molar-refractivity contribution < 1.29 is 19.1 Å². The molecule has 1 saturated heterocycles. The van der Waals surface area contributed by atoms with E-state index in [0.29, 0.717) is 23.5 Å². The van der Waals surface area contributed by atoms with Gasteiger partial charge in [-0.05, 0) is 42.4 Å². The van der Waals surface area contributed by atoms with Gasteiger partial charge in [0.15, 0.2) is 16.6 Å². The van der Waals surface area contributed by atoms with E-state index in [1.807, 2.05) is 0 Å². The molecule has 1 aromatic carbocycles. The van der Waals surface area contributed by atoms with Crippen molar-refractivity contribution in [2.75, 3.05) is 20.3 Å². The average molecular weight is 396 g/mol. The van der Waals surface area contributed by atoms with Crippen LogP contribution in [0.3, 0.4) is 0 Å². The number of carbonyl (C=O) groups is 2. The first-order chi connectivity index (χ1) is 13.5. The minimum absolute atomic E-state index is 0.0423. The van der Waals surface area contributed by atoms with E-state index in [9.17, 15) is 9.59 Å². The fourth-order valence-corrected chi connectivity index (χ4v) is 2.91. The highest BCUT2D eigenvalue weighted by molar-refractivity contribution is 7.80. The molecule has 1 aliphatic heterocycles. The number of thiocarbonyl (C=S) groups is 1. The minimum atomic E-state index is -0.563. The van der Waals surface area contributed by atoms with Gasteiger partial charge in [-0.2, -0.15) is 0 Å². The van der Waals surface area contributed by atoms with Gasteiger partial charge in [0.2, 0.25) is 0 Å². The highest BCUT2D eigenvalue weighted by Crippen LogP contribution is 2.34. The molecular weight excluding hydrogens is 376 g/mol. The summed E-state index contributed by atoms with van der Waals surface area (Å²) >= 11 is 5.05. The molecular formula is C21H20N2O4S. The third-order valence-corrected chi connectivity index (χ3v) is 4.17. The van der Waals surface area contributed by atoms with Crippen LogP contribution >= 0.6 is 12.2 Å². The maximum Gasteiger partial charge on any atom is 0.265 e. The number of allylic oxidation sites excluding steroid dienone is 1. The molecule has 0 radical (unpaired) electrons. The summed E-state index contributed by atoms with van der Waals surface area (Å²) in [6.07, 6.45) is 10.5. The zero-order chi connectivity index (χ0) is 20.7. The van der Waals surface area contributed by atoms with Crippen LogP contribution in [0.1, 0.15) is 11.1 Å². The van der Waals surface area contributed by atoms with E-state index >= 15 is 0 Å². The Balaban J connectivity index is 2.52. The first-order valence-corrected chi connectivity index (χ1v) is 8.75. The van der Waals surface area contributed by atoms with Crippen LogP contribution in [0.2, 0.25) is 0 Å². The molecule has 0 bridgehead atoms. The molecule has 0 atom stereocenters. The second-order valence-electron chi connectivity index (χ2n) is 5.72. The monoisotopic (exact) mass is 396 g/mol. The summed E-state index contributed by atoms with van der Waals surface area (Å²) < 4.78 is 11.0. The molecule has 0 spiro atoms. The van der Waals surface area contributed by atoms with Crippen molar-refractivity contribution in [3.05, 3.63) is 54.1 Å². The van der Waals surface area contributed by atoms with Crippen LogP contribution in [0.25, 0.3) is 6.08 Å². The molecule has 2 rings (SSSR count). The molecule has 7 heteroatoms. The number of nitrogens with zero attached hydrogens (tertiary/aromatic N) is 1. The Hall–Kier alpha value is -3.37. The highest BCUT2D eigenvalue weighted by atomic mass is 32.1. The van der Waals surface area contributed by atoms with Crippen LogP contribution < -0.4 is 14.8 Å². The summed E-state index contributed by atoms with van der Waals surface area (Å²) in [6, 6.07) is 3.45. The van der Waals surface area contributed by atoms with Crippen LogP contribution in [0.5, 0.6) is 11.5 Å². The second-order valence-corrected chi connectivity index (χ2v) is 6.11. The molecule has 1 aromatic rings. The van der Waals surface area contributed by atoms with E-state index in [4.69, 9.17) is 28.1 Å². The largest absolute Gasteiger partial charge is 0.493 e. The molecule has 1 fully saturated rings. The van der Waals surface area contributed by atoms with Crippen molar-refractivity contribution in [2.24, 2.45) is 0 Å². The Morgan fingerprint density at radius 3 is 2.68 bits per heavy atom. The molecule has 0 aromatic heterocycles. The number of rotatable bonds is 8. The van der Waals surface area contributed by atoms with E-state index < -0.39 is 11.8 Å². The topological polar surface area (TPSA) is 67.9 Å². The number of methoxy groups -OCH3 is 1. The number of benzene rings is 1. The van der Waals surface area contributed by atoms with E-state index in [1.165, 1.54) is 24.2 Å². The summed E-state index contributed by atoms with van der Waals surface area (Å²) in [5, 5.41) is 2.56. The number of carbonyl (C=O) groups excluding carboxylic acids is 2. The van der Waals surface area contributed by atoms with Gasteiger partial charge in [0.1, 0.15) is 12.2 Å². The summed E-state index contributed by atoms with van der Waals surface area (Å²) in [5.74, 6) is 2.28. The molecule has 1 aliphatic rings. The van der Waals surface area contributed by atoms with Crippen molar-refractivity contribution in [3.8, 4) is 23.8 Å². The Labute approximate surface area is 169 Å². The lowest BCUT2D eigenvalue weighted by atomic mass is 10.0. The number of hydrogen-bond donors (Lipinski definition) is 1. The van der Waals surface area contributed by atoms with Crippen LogP contribution in [0.15, 0.2) is 43.0 Å². The third-order valence-electron chi connectivity index (χ3n) is 3.85. The molecule has 1 N–H and O–H groups in total. The Kier molecular flexibility index (Phi) is 7.13. The fraction of sp³-hybridized carbons (Fsp3) is 0.190. The first kappa shape index (κ1) is 20.9. The van der Waals surface area contributed by atoms with Crippen molar-refractivity contribution in [3.63, 3.8) is 0 Å². The van der Waals surface area contributed by atoms with Crippen molar-refractivity contribution in [1.29, 1.82) is 0 Å². The second kappa shape index (κ2) is 9.53. The van der Waals surface area contributed by atoms with E-state index in [2.05, 4.69) is 24.4 Å². The van der Waals surface area contributed by atoms with Crippen LogP contribution in [-0.4, -0.2) is 42.1 Å². The van der Waals surface area contributed by atoms with E-state index in [1.54, 1.807) is 18.2 Å². The van der Waals surface area contributed by atoms with Gasteiger partial charge in [0.05, 0.1) is 7.11 Å². The SMILES string of the molecule is C#CCOc1c(CC=C)cc(/C=C2\C(=O)NC(=S)N(CC=C)C2=O)cc1OC. The minimum Gasteiger partial charge on any atom is -0.493 e. The van der Waals surface area contributed by atoms with Gasteiger partial charge in [-0.3, -0.25) is 19.8 Å². The summed E-state index contributed by atoms with van der Waals surface area (Å²) in [4.78, 5) is 26.3. The van der Waals surface area contributed by atoms with Gasteiger partial charge in [-0.15, -0.1) is 19.6 Å². The quantitative estimate of drug-likeness (QED) is 0.240. The Morgan fingerprint density at radius 1 is 1.32 bits per heavy atom. The molecule has 0 saturated carbocycles. The lowest BCUT2D eigenvalue weighted by Gasteiger charge is -2.27. The smallest absolute Gasteiger partial charge is 0.265 e. The number of hydrogen-bond acceptors (Lipinski definition) is 5. The van der Waals surface area contributed by atoms with Gasteiger partial charge < -0.3 is 9.47 Å². The van der Waals surface area contributed by atoms with Gasteiger partial charge in [-0.1, -0.05) is 18.1 Å². The van der Waals surface area contributed by atoms with Gasteiger partial charge in [-0.25, -0.2) is 0 Å². The lowest BCUT2D eigenvalue weighted by molar-refractivity contribution is -0.128. The molecule has 1 heterocycles. The zero-order valence-corrected chi connectivity index (χ0v) is 16.3. The van der Waals surface area contributed by atoms with Crippen LogP contribution in [0.4, 0.5) is 0 Å². The van der Waals surface area contributed by atoms with Crippen LogP contribution in [-0.2, 0) is 16.0 Å². The van der Waals surface area contributed by atoms with E-state index in [-0.39, 0.29) is 23.8 Å². The lowest BCUT2D eigenvalue weighted by Crippen LogP contribution is -2.53. The summed E-state index contributed by atoms with van der Waals surface area (Å²) in [5.41, 5.74) is 1.31. The molecule has 0 unspecified atom stereocenters. The molecule has 2 amide bonds. The fourth-order valence-electron chi connectivity index (χ4n) is 2.66. The van der Waals surface area contributed by atoms with Crippen molar-refractivity contribution in [1.82, 2.24) is 10.2 Å². The van der Waals surface area contributed by atoms with Gasteiger partial charge in [0, 0.05) is 12.1 Å². The normalized spacial score (nSPS) is 15.1. The van der Waals surface area contributed by atoms with Gasteiger partial charge >= 0.3 is 0 Å². The molecule has 28 heavy (non-hydrogen) atoms. The van der Waals surface area contributed by atoms with Crippen molar-refractivity contribution >= 4 is 35.2 Å². The maximum atomic E-state index is 12.7. The number of nitrogens with one attached hydrogen (secondary N) is 1. The summed E-state index contributed by atoms with van der Waals surface area (Å²) in [7, 11) is 1.50. The zero-order valence-electron chi connectivity index (χ0n) is 15.5. The van der Waals surface area contributed by atoms with Crippen LogP contribution in [0, 0.1) is 12.3 Å². The third kappa shape index (κ3) is 4.48. The van der Waals surface area contributed by atoms with Crippen molar-refractivity contribution in [2.45, 2.75) is 6.42 Å². The number of amides is 2. The number of terminal acetylenes is 1. The highest BCUT2D eigenvalue weighted by Gasteiger charge is 2.32. The maximum absolute atomic E-state index is 12.7.